The zero-order chi connectivity index (χ0) is 22.3. The van der Waals surface area contributed by atoms with Crippen molar-refractivity contribution < 1.29 is 13.6 Å². The van der Waals surface area contributed by atoms with Gasteiger partial charge in [0, 0.05) is 11.4 Å². The highest BCUT2D eigenvalue weighted by atomic mass is 32.2. The molecule has 3 aromatic rings. The van der Waals surface area contributed by atoms with Crippen LogP contribution < -0.4 is 10.9 Å². The minimum atomic E-state index is -0.839. The van der Waals surface area contributed by atoms with E-state index in [1.54, 1.807) is 22.8 Å². The summed E-state index contributed by atoms with van der Waals surface area (Å²) >= 11 is 2.67. The van der Waals surface area contributed by atoms with Crippen molar-refractivity contribution in [3.05, 3.63) is 50.6 Å². The van der Waals surface area contributed by atoms with E-state index in [4.69, 9.17) is 4.98 Å². The fraction of sp³-hybridized carbons (Fsp3) is 0.409. The highest BCUT2D eigenvalue weighted by Crippen LogP contribution is 2.37. The van der Waals surface area contributed by atoms with Gasteiger partial charge >= 0.3 is 0 Å². The number of rotatable bonds is 5. The largest absolute Gasteiger partial charge is 0.320 e. The Bertz CT molecular complexity index is 1200. The molecule has 2 atom stereocenters. The summed E-state index contributed by atoms with van der Waals surface area (Å²) in [5.74, 6) is -1.65. The van der Waals surface area contributed by atoms with Crippen molar-refractivity contribution in [3.8, 4) is 0 Å². The van der Waals surface area contributed by atoms with Gasteiger partial charge in [0.15, 0.2) is 5.16 Å². The molecular weight excluding hydrogens is 440 g/mol. The highest BCUT2D eigenvalue weighted by molar-refractivity contribution is 8.00. The number of para-hydroxylation sites is 1. The molecule has 0 bridgehead atoms. The molecule has 9 heteroatoms. The Morgan fingerprint density at radius 1 is 1.39 bits per heavy atom. The second-order valence-corrected chi connectivity index (χ2v) is 10.2. The number of carbonyl (C=O) groups is 1. The lowest BCUT2D eigenvalue weighted by Crippen LogP contribution is -2.27. The fourth-order valence-electron chi connectivity index (χ4n) is 3.83. The van der Waals surface area contributed by atoms with Crippen LogP contribution in [0.3, 0.4) is 0 Å². The van der Waals surface area contributed by atoms with Crippen LogP contribution in [0.4, 0.5) is 14.5 Å². The van der Waals surface area contributed by atoms with Crippen LogP contribution in [0.15, 0.2) is 28.2 Å². The number of carbonyl (C=O) groups excluding carboxylic acids is 1. The predicted molar refractivity (Wildman–Crippen MR) is 121 cm³/mol. The van der Waals surface area contributed by atoms with Gasteiger partial charge in [-0.2, -0.15) is 0 Å². The minimum Gasteiger partial charge on any atom is -0.320 e. The summed E-state index contributed by atoms with van der Waals surface area (Å²) in [7, 11) is 0. The first kappa shape index (κ1) is 22.0. The Balaban J connectivity index is 1.64. The SMILES string of the molecule is CCn1c(SC(C)C(=O)Nc2c(F)cccc2F)nc2sc3c(c2c1=O)CCC(C)C3. The average Bonchev–Trinajstić information content (AvgIpc) is 3.08. The molecule has 31 heavy (non-hydrogen) atoms. The number of nitrogens with zero attached hydrogens (tertiary/aromatic N) is 2. The number of aromatic nitrogens is 2. The second kappa shape index (κ2) is 8.70. The summed E-state index contributed by atoms with van der Waals surface area (Å²) in [6.07, 6.45) is 2.90. The molecule has 1 aliphatic rings. The van der Waals surface area contributed by atoms with Gasteiger partial charge in [0.1, 0.15) is 22.2 Å². The standard InChI is InChI=1S/C22H23F2N3O2S2/c1-4-27-21(29)17-13-9-8-11(2)10-16(13)31-20(17)26-22(27)30-12(3)19(28)25-18-14(23)6-5-7-15(18)24/h5-7,11-12H,4,8-10H2,1-3H3,(H,25,28). The van der Waals surface area contributed by atoms with Crippen LogP contribution in [0.5, 0.6) is 0 Å². The maximum Gasteiger partial charge on any atom is 0.263 e. The Morgan fingerprint density at radius 2 is 2.10 bits per heavy atom. The molecule has 2 aromatic heterocycles. The van der Waals surface area contributed by atoms with Crippen LogP contribution in [0.1, 0.15) is 37.6 Å². The third-order valence-corrected chi connectivity index (χ3v) is 7.80. The van der Waals surface area contributed by atoms with Crippen LogP contribution in [0.2, 0.25) is 0 Å². The summed E-state index contributed by atoms with van der Waals surface area (Å²) < 4.78 is 29.3. The number of nitrogens with one attached hydrogen (secondary N) is 1. The Labute approximate surface area is 186 Å². The predicted octanol–water partition coefficient (Wildman–Crippen LogP) is 5.00. The van der Waals surface area contributed by atoms with E-state index >= 15 is 0 Å². The molecule has 4 rings (SSSR count). The molecule has 0 spiro atoms. The van der Waals surface area contributed by atoms with Gasteiger partial charge in [-0.25, -0.2) is 13.8 Å². The molecular formula is C22H23F2N3O2S2. The molecule has 1 aromatic carbocycles. The number of hydrogen-bond donors (Lipinski definition) is 1. The van der Waals surface area contributed by atoms with Crippen molar-refractivity contribution in [2.45, 2.75) is 57.0 Å². The molecule has 1 aliphatic carbocycles. The van der Waals surface area contributed by atoms with Crippen LogP contribution in [0, 0.1) is 17.6 Å². The van der Waals surface area contributed by atoms with Gasteiger partial charge in [0.05, 0.1) is 10.6 Å². The van der Waals surface area contributed by atoms with Gasteiger partial charge in [-0.05, 0) is 56.7 Å². The second-order valence-electron chi connectivity index (χ2n) is 7.82. The molecule has 2 heterocycles. The van der Waals surface area contributed by atoms with Gasteiger partial charge in [0.25, 0.3) is 5.56 Å². The van der Waals surface area contributed by atoms with E-state index in [1.807, 2.05) is 6.92 Å². The van der Waals surface area contributed by atoms with E-state index in [1.165, 1.54) is 10.9 Å². The Morgan fingerprint density at radius 3 is 2.77 bits per heavy atom. The molecule has 0 aliphatic heterocycles. The number of anilines is 1. The number of aryl methyl sites for hydroxylation is 1. The fourth-order valence-corrected chi connectivity index (χ4v) is 6.22. The minimum absolute atomic E-state index is 0.0881. The van der Waals surface area contributed by atoms with Crippen molar-refractivity contribution in [1.29, 1.82) is 0 Å². The third kappa shape index (κ3) is 4.13. The van der Waals surface area contributed by atoms with E-state index in [2.05, 4.69) is 12.2 Å². The number of benzene rings is 1. The molecule has 0 saturated heterocycles. The topological polar surface area (TPSA) is 64.0 Å². The van der Waals surface area contributed by atoms with Crippen molar-refractivity contribution in [3.63, 3.8) is 0 Å². The van der Waals surface area contributed by atoms with Crippen LogP contribution in [-0.2, 0) is 24.2 Å². The zero-order valence-corrected chi connectivity index (χ0v) is 19.1. The average molecular weight is 464 g/mol. The summed E-state index contributed by atoms with van der Waals surface area (Å²) in [6, 6.07) is 3.40. The van der Waals surface area contributed by atoms with Gasteiger partial charge in [0.2, 0.25) is 5.91 Å². The maximum atomic E-state index is 13.9. The molecule has 0 fully saturated rings. The van der Waals surface area contributed by atoms with E-state index < -0.39 is 28.5 Å². The van der Waals surface area contributed by atoms with Crippen LogP contribution in [0.25, 0.3) is 10.2 Å². The molecule has 1 N–H and O–H groups in total. The lowest BCUT2D eigenvalue weighted by Gasteiger charge is -2.18. The number of fused-ring (bicyclic) bond motifs is 3. The lowest BCUT2D eigenvalue weighted by atomic mass is 9.89. The van der Waals surface area contributed by atoms with E-state index in [0.29, 0.717) is 27.8 Å². The molecule has 0 saturated carbocycles. The Hall–Kier alpha value is -2.26. The van der Waals surface area contributed by atoms with E-state index in [-0.39, 0.29) is 5.56 Å². The first-order valence-corrected chi connectivity index (χ1v) is 12.0. The Kier molecular flexibility index (Phi) is 6.16. The lowest BCUT2D eigenvalue weighted by molar-refractivity contribution is -0.115. The van der Waals surface area contributed by atoms with Crippen LogP contribution >= 0.6 is 23.1 Å². The van der Waals surface area contributed by atoms with Crippen molar-refractivity contribution in [2.75, 3.05) is 5.32 Å². The number of halogens is 2. The summed E-state index contributed by atoms with van der Waals surface area (Å²) in [5, 5.41) is 2.73. The number of thioether (sulfide) groups is 1. The molecule has 0 radical (unpaired) electrons. The van der Waals surface area contributed by atoms with Crippen molar-refractivity contribution in [1.82, 2.24) is 9.55 Å². The number of hydrogen-bond acceptors (Lipinski definition) is 5. The normalized spacial score (nSPS) is 16.9. The third-order valence-electron chi connectivity index (χ3n) is 5.56. The first-order chi connectivity index (χ1) is 14.8. The van der Waals surface area contributed by atoms with Crippen LogP contribution in [-0.4, -0.2) is 20.7 Å². The van der Waals surface area contributed by atoms with Gasteiger partial charge in [-0.3, -0.25) is 14.2 Å². The molecule has 5 nitrogen and oxygen atoms in total. The van der Waals surface area contributed by atoms with Crippen molar-refractivity contribution >= 4 is 44.9 Å². The van der Waals surface area contributed by atoms with E-state index in [9.17, 15) is 18.4 Å². The number of thiophene rings is 1. The monoisotopic (exact) mass is 463 g/mol. The maximum absolute atomic E-state index is 13.9. The van der Waals surface area contributed by atoms with Gasteiger partial charge in [-0.1, -0.05) is 24.8 Å². The smallest absolute Gasteiger partial charge is 0.263 e. The molecule has 1 amide bonds. The van der Waals surface area contributed by atoms with Gasteiger partial charge in [-0.15, -0.1) is 11.3 Å². The molecule has 164 valence electrons. The summed E-state index contributed by atoms with van der Waals surface area (Å²) in [6.45, 7) is 6.11. The highest BCUT2D eigenvalue weighted by Gasteiger charge is 2.26. The quantitative estimate of drug-likeness (QED) is 0.427. The molecule has 2 unspecified atom stereocenters. The summed E-state index contributed by atoms with van der Waals surface area (Å²) in [5.41, 5.74) is 0.557. The van der Waals surface area contributed by atoms with Gasteiger partial charge < -0.3 is 5.32 Å². The van der Waals surface area contributed by atoms with Crippen molar-refractivity contribution in [2.24, 2.45) is 5.92 Å². The zero-order valence-electron chi connectivity index (χ0n) is 17.5. The number of amides is 1. The first-order valence-electron chi connectivity index (χ1n) is 10.3. The van der Waals surface area contributed by atoms with E-state index in [0.717, 1.165) is 48.7 Å². The summed E-state index contributed by atoms with van der Waals surface area (Å²) in [4.78, 5) is 32.5.